The van der Waals surface area contributed by atoms with Gasteiger partial charge < -0.3 is 10.0 Å². The molecule has 5 aliphatic rings. The fourth-order valence-corrected chi connectivity index (χ4v) is 10.2. The first kappa shape index (κ1) is 36.4. The van der Waals surface area contributed by atoms with Crippen molar-refractivity contribution in [2.75, 3.05) is 24.5 Å². The van der Waals surface area contributed by atoms with Gasteiger partial charge in [0.25, 0.3) is 11.8 Å². The predicted octanol–water partition coefficient (Wildman–Crippen LogP) is 7.45. The second kappa shape index (κ2) is 15.3. The molecule has 2 N–H and O–H groups in total. The minimum Gasteiger partial charge on any atom is -0.508 e. The van der Waals surface area contributed by atoms with Gasteiger partial charge in [0, 0.05) is 44.2 Å². The van der Waals surface area contributed by atoms with Crippen molar-refractivity contribution >= 4 is 29.3 Å². The number of aryl methyl sites for hydroxylation is 1. The van der Waals surface area contributed by atoms with Crippen molar-refractivity contribution in [2.24, 2.45) is 5.92 Å². The highest BCUT2D eigenvalue weighted by atomic mass is 16.3. The van der Waals surface area contributed by atoms with Gasteiger partial charge in [-0.15, -0.1) is 0 Å². The summed E-state index contributed by atoms with van der Waals surface area (Å²) in [7, 11) is 0. The SMILES string of the molecule is O=C1CCC(N2C(=O)c3cc4c(cc3C2=O)CN(CCCCCC2CCN(c3ccc(C5c6ccc(O)cc6CCC5c5ccccc5)cc3)CC2)C4)C(=O)N1. The first-order valence-electron chi connectivity index (χ1n) is 20.6. The lowest BCUT2D eigenvalue weighted by molar-refractivity contribution is -0.136. The maximum Gasteiger partial charge on any atom is 0.262 e. The molecule has 4 heterocycles. The molecule has 4 aromatic carbocycles. The van der Waals surface area contributed by atoms with Gasteiger partial charge in [0.1, 0.15) is 11.8 Å². The zero-order chi connectivity index (χ0) is 38.3. The molecule has 56 heavy (non-hydrogen) atoms. The molecular weight excluding hydrogens is 701 g/mol. The van der Waals surface area contributed by atoms with E-state index in [4.69, 9.17) is 0 Å². The number of carbonyl (C=O) groups is 4. The van der Waals surface area contributed by atoms with Crippen LogP contribution in [0.25, 0.3) is 0 Å². The number of imide groups is 2. The Morgan fingerprint density at radius 3 is 2.09 bits per heavy atom. The Bertz CT molecular complexity index is 2110. The van der Waals surface area contributed by atoms with E-state index in [1.807, 2.05) is 24.3 Å². The lowest BCUT2D eigenvalue weighted by atomic mass is 9.69. The van der Waals surface area contributed by atoms with Gasteiger partial charge in [0.2, 0.25) is 11.8 Å². The van der Waals surface area contributed by atoms with Crippen LogP contribution >= 0.6 is 0 Å². The number of unbranched alkanes of at least 4 members (excludes halogenated alkanes) is 2. The monoisotopic (exact) mass is 750 g/mol. The third-order valence-corrected chi connectivity index (χ3v) is 13.2. The normalized spacial score (nSPS) is 22.6. The highest BCUT2D eigenvalue weighted by molar-refractivity contribution is 6.23. The molecule has 9 rings (SSSR count). The van der Waals surface area contributed by atoms with Crippen molar-refractivity contribution in [2.45, 2.75) is 95.2 Å². The molecule has 0 radical (unpaired) electrons. The fraction of sp³-hybridized carbons (Fsp3) is 0.404. The van der Waals surface area contributed by atoms with Crippen LogP contribution in [0.2, 0.25) is 0 Å². The number of nitrogens with one attached hydrogen (secondary N) is 1. The molecule has 9 heteroatoms. The lowest BCUT2D eigenvalue weighted by Gasteiger charge is -2.36. The third-order valence-electron chi connectivity index (χ3n) is 13.2. The summed E-state index contributed by atoms with van der Waals surface area (Å²) >= 11 is 0. The van der Waals surface area contributed by atoms with E-state index in [-0.39, 0.29) is 24.7 Å². The molecule has 2 saturated heterocycles. The van der Waals surface area contributed by atoms with Crippen LogP contribution in [0.15, 0.2) is 84.9 Å². The van der Waals surface area contributed by atoms with Gasteiger partial charge in [-0.25, -0.2) is 0 Å². The Balaban J connectivity index is 0.731. The maximum atomic E-state index is 13.3. The van der Waals surface area contributed by atoms with Crippen molar-refractivity contribution in [3.05, 3.63) is 129 Å². The number of aromatic hydroxyl groups is 1. The number of benzene rings is 4. The predicted molar refractivity (Wildman–Crippen MR) is 215 cm³/mol. The zero-order valence-electron chi connectivity index (χ0n) is 31.9. The molecule has 0 saturated carbocycles. The molecule has 3 unspecified atom stereocenters. The second-order valence-electron chi connectivity index (χ2n) is 16.6. The first-order valence-corrected chi connectivity index (χ1v) is 20.6. The number of rotatable bonds is 10. The molecular formula is C47H50N4O5. The average molecular weight is 751 g/mol. The summed E-state index contributed by atoms with van der Waals surface area (Å²) < 4.78 is 0. The van der Waals surface area contributed by atoms with E-state index in [9.17, 15) is 24.3 Å². The number of phenols is 1. The number of amides is 4. The van der Waals surface area contributed by atoms with Gasteiger partial charge in [0.15, 0.2) is 0 Å². The number of piperidine rings is 2. The molecule has 4 aromatic rings. The average Bonchev–Trinajstić information content (AvgIpc) is 3.73. The lowest BCUT2D eigenvalue weighted by Crippen LogP contribution is -2.54. The molecule has 0 aromatic heterocycles. The number of carbonyl (C=O) groups excluding carboxylic acids is 4. The molecule has 2 fully saturated rings. The number of phenolic OH excluding ortho intramolecular Hbond substituents is 1. The van der Waals surface area contributed by atoms with Crippen LogP contribution in [0.3, 0.4) is 0 Å². The minimum atomic E-state index is -0.935. The van der Waals surface area contributed by atoms with E-state index in [0.29, 0.717) is 22.8 Å². The summed E-state index contributed by atoms with van der Waals surface area (Å²) in [5.41, 5.74) is 9.52. The van der Waals surface area contributed by atoms with Crippen molar-refractivity contribution < 1.29 is 24.3 Å². The molecule has 0 spiro atoms. The summed E-state index contributed by atoms with van der Waals surface area (Å²) in [6.45, 7) is 4.68. The molecule has 1 aliphatic carbocycles. The Kier molecular flexibility index (Phi) is 9.96. The van der Waals surface area contributed by atoms with Crippen LogP contribution in [0, 0.1) is 5.92 Å². The van der Waals surface area contributed by atoms with Gasteiger partial charge in [-0.1, -0.05) is 67.8 Å². The van der Waals surface area contributed by atoms with Crippen LogP contribution in [-0.2, 0) is 29.1 Å². The van der Waals surface area contributed by atoms with Crippen LogP contribution in [0.5, 0.6) is 5.75 Å². The summed E-state index contributed by atoms with van der Waals surface area (Å²) in [6.07, 6.45) is 9.59. The van der Waals surface area contributed by atoms with E-state index >= 15 is 0 Å². The summed E-state index contributed by atoms with van der Waals surface area (Å²) in [5.74, 6) is -0.0461. The highest BCUT2D eigenvalue weighted by Gasteiger charge is 2.45. The molecule has 9 nitrogen and oxygen atoms in total. The number of anilines is 1. The molecule has 3 atom stereocenters. The molecule has 4 aliphatic heterocycles. The van der Waals surface area contributed by atoms with Crippen LogP contribution < -0.4 is 10.2 Å². The van der Waals surface area contributed by atoms with Crippen molar-refractivity contribution in [1.29, 1.82) is 0 Å². The summed E-state index contributed by atoms with van der Waals surface area (Å²) in [4.78, 5) is 56.5. The Labute approximate surface area is 328 Å². The Hall–Kier alpha value is -5.28. The van der Waals surface area contributed by atoms with Gasteiger partial charge >= 0.3 is 0 Å². The maximum absolute atomic E-state index is 13.3. The van der Waals surface area contributed by atoms with Gasteiger partial charge in [-0.3, -0.25) is 34.3 Å². The number of nitrogens with zero attached hydrogens (tertiary/aromatic N) is 3. The van der Waals surface area contributed by atoms with Crippen molar-refractivity contribution in [1.82, 2.24) is 15.1 Å². The van der Waals surface area contributed by atoms with E-state index in [1.54, 1.807) is 0 Å². The smallest absolute Gasteiger partial charge is 0.262 e. The number of hydrogen-bond donors (Lipinski definition) is 2. The van der Waals surface area contributed by atoms with Gasteiger partial charge in [-0.2, -0.15) is 0 Å². The Morgan fingerprint density at radius 1 is 0.679 bits per heavy atom. The largest absolute Gasteiger partial charge is 0.508 e. The quantitative estimate of drug-likeness (QED) is 0.128. The standard InChI is InChI=1S/C47H50N4O5/c52-37-15-17-39-33(25-37)12-16-38(31-8-4-1-5-9-31)44(39)32-10-13-36(14-11-32)50-23-20-30(21-24-50)7-3-2-6-22-49-28-34-26-40-41(27-35(34)29-49)47(56)51(46(40)55)42-18-19-43(53)48-45(42)54/h1,4-5,8-11,13-15,17,25-27,30,38,42,44,52H,2-3,6-7,12,16,18-24,28-29H2,(H,48,53,54). The van der Waals surface area contributed by atoms with Crippen molar-refractivity contribution in [3.63, 3.8) is 0 Å². The number of fused-ring (bicyclic) bond motifs is 3. The first-order chi connectivity index (χ1) is 27.3. The molecule has 0 bridgehead atoms. The number of hydrogen-bond acceptors (Lipinski definition) is 7. The minimum absolute atomic E-state index is 0.117. The van der Waals surface area contributed by atoms with Crippen LogP contribution in [-0.4, -0.2) is 64.2 Å². The van der Waals surface area contributed by atoms with E-state index in [2.05, 4.69) is 75.8 Å². The molecule has 288 valence electrons. The molecule has 4 amide bonds. The van der Waals surface area contributed by atoms with Crippen LogP contribution in [0.4, 0.5) is 5.69 Å². The van der Waals surface area contributed by atoms with Gasteiger partial charge in [-0.05, 0) is 127 Å². The van der Waals surface area contributed by atoms with Crippen LogP contribution in [0.1, 0.15) is 124 Å². The van der Waals surface area contributed by atoms with E-state index in [1.165, 1.54) is 60.0 Å². The second-order valence-corrected chi connectivity index (χ2v) is 16.6. The topological polar surface area (TPSA) is 110 Å². The fourth-order valence-electron chi connectivity index (χ4n) is 10.2. The zero-order valence-corrected chi connectivity index (χ0v) is 31.9. The van der Waals surface area contributed by atoms with Gasteiger partial charge in [0.05, 0.1) is 11.1 Å². The van der Waals surface area contributed by atoms with E-state index in [0.717, 1.165) is 73.9 Å². The summed E-state index contributed by atoms with van der Waals surface area (Å²) in [5, 5.41) is 12.5. The Morgan fingerprint density at radius 2 is 1.39 bits per heavy atom. The van der Waals surface area contributed by atoms with Crippen molar-refractivity contribution in [3.8, 4) is 5.75 Å². The third kappa shape index (κ3) is 7.02. The highest BCUT2D eigenvalue weighted by Crippen LogP contribution is 2.47. The van der Waals surface area contributed by atoms with E-state index < -0.39 is 23.8 Å². The summed E-state index contributed by atoms with van der Waals surface area (Å²) in [6, 6.07) is 28.9.